The Morgan fingerprint density at radius 2 is 0.534 bits per heavy atom. The minimum atomic E-state index is -0.785. The molecule has 1 unspecified atom stereocenters. The number of hydrogen-bond donors (Lipinski definition) is 0. The Hall–Kier alpha value is -3.93. The van der Waals surface area contributed by atoms with Crippen LogP contribution < -0.4 is 0 Å². The summed E-state index contributed by atoms with van der Waals surface area (Å²) in [6.45, 7) is 6.42. The van der Waals surface area contributed by atoms with Crippen molar-refractivity contribution in [3.8, 4) is 0 Å². The van der Waals surface area contributed by atoms with Crippen LogP contribution in [0.5, 0.6) is 0 Å². The van der Waals surface area contributed by atoms with Gasteiger partial charge in [0.2, 0.25) is 0 Å². The number of ether oxygens (including phenoxy) is 3. The second kappa shape index (κ2) is 60.6. The highest BCUT2D eigenvalue weighted by Crippen LogP contribution is 2.15. The zero-order valence-electron chi connectivity index (χ0n) is 47.6. The van der Waals surface area contributed by atoms with Crippen LogP contribution >= 0.6 is 0 Å². The van der Waals surface area contributed by atoms with Gasteiger partial charge in [0.05, 0.1) is 0 Å². The molecule has 1 atom stereocenters. The first-order valence-corrected chi connectivity index (χ1v) is 30.4. The van der Waals surface area contributed by atoms with E-state index >= 15 is 0 Å². The maximum Gasteiger partial charge on any atom is 0.306 e. The molecule has 0 rings (SSSR count). The van der Waals surface area contributed by atoms with Crippen molar-refractivity contribution in [2.45, 2.75) is 284 Å². The molecule has 0 aliphatic heterocycles. The van der Waals surface area contributed by atoms with E-state index in [-0.39, 0.29) is 31.1 Å². The number of rotatable bonds is 54. The van der Waals surface area contributed by atoms with Crippen LogP contribution in [-0.4, -0.2) is 37.2 Å². The molecule has 0 aliphatic rings. The van der Waals surface area contributed by atoms with E-state index in [9.17, 15) is 14.4 Å². The molecule has 0 amide bonds. The van der Waals surface area contributed by atoms with Crippen molar-refractivity contribution in [2.24, 2.45) is 0 Å². The molecule has 0 aromatic carbocycles. The smallest absolute Gasteiger partial charge is 0.306 e. The molecule has 0 aromatic heterocycles. The summed E-state index contributed by atoms with van der Waals surface area (Å²) in [5, 5.41) is 0. The van der Waals surface area contributed by atoms with Crippen LogP contribution in [0, 0.1) is 0 Å². The summed E-state index contributed by atoms with van der Waals surface area (Å²) in [5.74, 6) is -0.915. The van der Waals surface area contributed by atoms with Gasteiger partial charge in [-0.05, 0) is 109 Å². The predicted molar refractivity (Wildman–Crippen MR) is 316 cm³/mol. The lowest BCUT2D eigenvalue weighted by Crippen LogP contribution is -2.30. The normalized spacial score (nSPS) is 12.9. The molecule has 416 valence electrons. The van der Waals surface area contributed by atoms with Crippen molar-refractivity contribution in [3.05, 3.63) is 109 Å². The van der Waals surface area contributed by atoms with Crippen LogP contribution in [0.1, 0.15) is 278 Å². The minimum absolute atomic E-state index is 0.0856. The molecule has 0 N–H and O–H groups in total. The Balaban J connectivity index is 4.11. The van der Waals surface area contributed by atoms with Gasteiger partial charge in [0.25, 0.3) is 0 Å². The number of hydrogen-bond acceptors (Lipinski definition) is 6. The summed E-state index contributed by atoms with van der Waals surface area (Å²) in [7, 11) is 0. The van der Waals surface area contributed by atoms with Gasteiger partial charge in [-0.25, -0.2) is 0 Å². The van der Waals surface area contributed by atoms with E-state index in [1.807, 2.05) is 0 Å². The van der Waals surface area contributed by atoms with Crippen molar-refractivity contribution < 1.29 is 28.6 Å². The summed E-state index contributed by atoms with van der Waals surface area (Å²) < 4.78 is 16.7. The van der Waals surface area contributed by atoms with Crippen LogP contribution in [-0.2, 0) is 28.6 Å². The van der Waals surface area contributed by atoms with Crippen LogP contribution in [0.3, 0.4) is 0 Å². The lowest BCUT2D eigenvalue weighted by atomic mass is 10.1. The highest BCUT2D eigenvalue weighted by atomic mass is 16.6. The maximum absolute atomic E-state index is 12.8. The fourth-order valence-corrected chi connectivity index (χ4v) is 8.22. The predicted octanol–water partition coefficient (Wildman–Crippen LogP) is 20.7. The average molecular weight is 1010 g/mol. The number of carbonyl (C=O) groups is 3. The molecule has 0 bridgehead atoms. The van der Waals surface area contributed by atoms with Gasteiger partial charge in [-0.15, -0.1) is 0 Å². The Morgan fingerprint density at radius 3 is 0.836 bits per heavy atom. The highest BCUT2D eigenvalue weighted by molar-refractivity contribution is 5.71. The van der Waals surface area contributed by atoms with Crippen LogP contribution in [0.25, 0.3) is 0 Å². The Kier molecular flexibility index (Phi) is 57.4. The molecule has 0 heterocycles. The molecule has 0 radical (unpaired) electrons. The van der Waals surface area contributed by atoms with E-state index in [2.05, 4.69) is 130 Å². The van der Waals surface area contributed by atoms with E-state index in [1.165, 1.54) is 109 Å². The molecule has 6 heteroatoms. The summed E-state index contributed by atoms with van der Waals surface area (Å²) >= 11 is 0. The van der Waals surface area contributed by atoms with E-state index in [0.29, 0.717) is 19.3 Å². The van der Waals surface area contributed by atoms with Gasteiger partial charge in [0.1, 0.15) is 13.2 Å². The molecule has 0 aliphatic carbocycles. The standard InChI is InChI=1S/C67H112O6/c1-4-7-10-13-15-17-19-21-23-25-27-29-30-31-32-33-34-35-36-38-39-41-43-45-47-49-51-54-57-60-66(69)72-63-64(62-71-65(68)59-56-53-12-9-6-3)73-67(70)61-58-55-52-50-48-46-44-42-40-37-28-26-24-22-20-18-16-14-11-8-5-2/h7,10,15,17,20-23,26-29,31-32,34-35,40,42,64H,4-6,8-9,11-14,16,18-19,24-25,30,33,36-39,41,43-63H2,1-3H3/b10-7-,17-15-,22-20-,23-21-,28-26-,29-27-,32-31-,35-34-,42-40-. The van der Waals surface area contributed by atoms with Crippen LogP contribution in [0.4, 0.5) is 0 Å². The summed E-state index contributed by atoms with van der Waals surface area (Å²) in [4.78, 5) is 37.9. The molecular formula is C67H112O6. The Bertz CT molecular complexity index is 1490. The number of esters is 3. The zero-order chi connectivity index (χ0) is 52.9. The number of unbranched alkanes of at least 4 members (excludes halogenated alkanes) is 25. The lowest BCUT2D eigenvalue weighted by Gasteiger charge is -2.18. The van der Waals surface area contributed by atoms with Gasteiger partial charge in [-0.3, -0.25) is 14.4 Å². The van der Waals surface area contributed by atoms with Crippen molar-refractivity contribution in [1.29, 1.82) is 0 Å². The third-order valence-electron chi connectivity index (χ3n) is 12.8. The van der Waals surface area contributed by atoms with Crippen LogP contribution in [0.15, 0.2) is 109 Å². The SMILES string of the molecule is CC/C=C\C/C=C\C/C=C\C/C=C\C/C=C\C/C=C\CCCCCCCCCCCCC(=O)OCC(COC(=O)CCCCCCC)OC(=O)CCCCCCCC/C=C\C/C=C\C/C=C\CCCCCCC. The van der Waals surface area contributed by atoms with Gasteiger partial charge >= 0.3 is 17.9 Å². The molecule has 73 heavy (non-hydrogen) atoms. The van der Waals surface area contributed by atoms with Crippen molar-refractivity contribution in [1.82, 2.24) is 0 Å². The Labute approximate surface area is 450 Å². The quantitative estimate of drug-likeness (QED) is 0.0261. The fourth-order valence-electron chi connectivity index (χ4n) is 8.22. The third kappa shape index (κ3) is 58.8. The van der Waals surface area contributed by atoms with Gasteiger partial charge in [-0.2, -0.15) is 0 Å². The Morgan fingerprint density at radius 1 is 0.288 bits per heavy atom. The molecule has 0 saturated heterocycles. The van der Waals surface area contributed by atoms with Crippen molar-refractivity contribution in [3.63, 3.8) is 0 Å². The van der Waals surface area contributed by atoms with E-state index in [1.54, 1.807) is 0 Å². The topological polar surface area (TPSA) is 78.9 Å². The third-order valence-corrected chi connectivity index (χ3v) is 12.8. The van der Waals surface area contributed by atoms with E-state index < -0.39 is 6.10 Å². The summed E-state index contributed by atoms with van der Waals surface area (Å²) in [5.41, 5.74) is 0. The van der Waals surface area contributed by atoms with Crippen LogP contribution in [0.2, 0.25) is 0 Å². The second-order valence-corrected chi connectivity index (χ2v) is 19.9. The monoisotopic (exact) mass is 1010 g/mol. The number of carbonyl (C=O) groups excluding carboxylic acids is 3. The molecule has 0 fully saturated rings. The lowest BCUT2D eigenvalue weighted by molar-refractivity contribution is -0.167. The molecular weight excluding hydrogens is 901 g/mol. The van der Waals surface area contributed by atoms with Gasteiger partial charge < -0.3 is 14.2 Å². The maximum atomic E-state index is 12.8. The molecule has 0 spiro atoms. The van der Waals surface area contributed by atoms with Crippen molar-refractivity contribution in [2.75, 3.05) is 13.2 Å². The van der Waals surface area contributed by atoms with Gasteiger partial charge in [0.15, 0.2) is 6.10 Å². The summed E-state index contributed by atoms with van der Waals surface area (Å²) in [6.07, 6.45) is 82.7. The number of allylic oxidation sites excluding steroid dienone is 18. The van der Waals surface area contributed by atoms with Gasteiger partial charge in [0, 0.05) is 19.3 Å². The molecule has 0 saturated carbocycles. The van der Waals surface area contributed by atoms with E-state index in [0.717, 1.165) is 128 Å². The molecule has 0 aromatic rings. The first kappa shape index (κ1) is 69.1. The first-order chi connectivity index (χ1) is 36.0. The average Bonchev–Trinajstić information content (AvgIpc) is 3.39. The van der Waals surface area contributed by atoms with E-state index in [4.69, 9.17) is 14.2 Å². The zero-order valence-corrected chi connectivity index (χ0v) is 47.6. The molecule has 6 nitrogen and oxygen atoms in total. The largest absolute Gasteiger partial charge is 0.462 e. The van der Waals surface area contributed by atoms with Crippen molar-refractivity contribution >= 4 is 17.9 Å². The highest BCUT2D eigenvalue weighted by Gasteiger charge is 2.19. The second-order valence-electron chi connectivity index (χ2n) is 19.9. The fraction of sp³-hybridized carbons (Fsp3) is 0.687. The van der Waals surface area contributed by atoms with Gasteiger partial charge in [-0.1, -0.05) is 259 Å². The minimum Gasteiger partial charge on any atom is -0.462 e. The summed E-state index contributed by atoms with van der Waals surface area (Å²) in [6, 6.07) is 0. The first-order valence-electron chi connectivity index (χ1n) is 30.4.